The van der Waals surface area contributed by atoms with Crippen LogP contribution in [-0.2, 0) is 11.2 Å². The Kier molecular flexibility index (Phi) is 5.97. The Bertz CT molecular complexity index is 251. The van der Waals surface area contributed by atoms with E-state index in [2.05, 4.69) is 23.3 Å². The number of hydrogen-bond acceptors (Lipinski definition) is 3. The molecule has 1 atom stereocenters. The molecular weight excluding hydrogens is 188 g/mol. The zero-order valence-corrected chi connectivity index (χ0v) is 9.57. The van der Waals surface area contributed by atoms with E-state index in [1.54, 1.807) is 6.20 Å². The molecule has 0 bridgehead atoms. The van der Waals surface area contributed by atoms with E-state index < -0.39 is 0 Å². The first-order valence-electron chi connectivity index (χ1n) is 5.56. The van der Waals surface area contributed by atoms with Crippen LogP contribution >= 0.6 is 0 Å². The first-order valence-corrected chi connectivity index (χ1v) is 5.56. The zero-order chi connectivity index (χ0) is 10.9. The summed E-state index contributed by atoms with van der Waals surface area (Å²) in [5.41, 5.74) is 1.25. The molecule has 3 heteroatoms. The molecule has 15 heavy (non-hydrogen) atoms. The number of nitrogens with one attached hydrogen (secondary N) is 1. The Balaban J connectivity index is 2.43. The number of likely N-dealkylation sites (N-methyl/N-ethyl adjacent to an activating group) is 1. The quantitative estimate of drug-likeness (QED) is 0.739. The molecule has 1 rings (SSSR count). The molecular formula is C12H20N2O. The summed E-state index contributed by atoms with van der Waals surface area (Å²) >= 11 is 0. The zero-order valence-electron chi connectivity index (χ0n) is 9.57. The molecule has 1 unspecified atom stereocenters. The van der Waals surface area contributed by atoms with E-state index >= 15 is 0 Å². The summed E-state index contributed by atoms with van der Waals surface area (Å²) in [4.78, 5) is 4.11. The van der Waals surface area contributed by atoms with E-state index in [1.807, 2.05) is 19.2 Å². The number of ether oxygens (including phenoxy) is 1. The van der Waals surface area contributed by atoms with Crippen molar-refractivity contribution in [2.24, 2.45) is 0 Å². The molecule has 3 nitrogen and oxygen atoms in total. The van der Waals surface area contributed by atoms with Gasteiger partial charge in [-0.1, -0.05) is 13.0 Å². The smallest absolute Gasteiger partial charge is 0.0622 e. The second-order valence-corrected chi connectivity index (χ2v) is 3.48. The lowest BCUT2D eigenvalue weighted by Gasteiger charge is -2.17. The fraction of sp³-hybridized carbons (Fsp3) is 0.583. The molecule has 0 aliphatic rings. The third kappa shape index (κ3) is 4.91. The molecule has 1 aromatic rings. The van der Waals surface area contributed by atoms with Gasteiger partial charge in [-0.3, -0.25) is 4.98 Å². The van der Waals surface area contributed by atoms with Gasteiger partial charge in [-0.15, -0.1) is 0 Å². The van der Waals surface area contributed by atoms with Crippen molar-refractivity contribution < 1.29 is 4.74 Å². The van der Waals surface area contributed by atoms with Crippen LogP contribution < -0.4 is 5.32 Å². The van der Waals surface area contributed by atoms with E-state index in [9.17, 15) is 0 Å². The predicted molar refractivity (Wildman–Crippen MR) is 61.9 cm³/mol. The van der Waals surface area contributed by atoms with Crippen LogP contribution in [0.25, 0.3) is 0 Å². The standard InChI is InChI=1S/C12H20N2O/c1-3-14-12(10-15-4-2)8-11-6-5-7-13-9-11/h5-7,9,12,14H,3-4,8,10H2,1-2H3. The van der Waals surface area contributed by atoms with E-state index in [1.165, 1.54) is 5.56 Å². The van der Waals surface area contributed by atoms with Crippen LogP contribution in [0.2, 0.25) is 0 Å². The molecule has 0 saturated carbocycles. The van der Waals surface area contributed by atoms with E-state index in [4.69, 9.17) is 4.74 Å². The molecule has 0 saturated heterocycles. The monoisotopic (exact) mass is 208 g/mol. The number of aromatic nitrogens is 1. The highest BCUT2D eigenvalue weighted by atomic mass is 16.5. The first kappa shape index (κ1) is 12.1. The average molecular weight is 208 g/mol. The van der Waals surface area contributed by atoms with Gasteiger partial charge in [-0.25, -0.2) is 0 Å². The lowest BCUT2D eigenvalue weighted by Crippen LogP contribution is -2.35. The minimum absolute atomic E-state index is 0.388. The Labute approximate surface area is 91.9 Å². The second-order valence-electron chi connectivity index (χ2n) is 3.48. The average Bonchev–Trinajstić information content (AvgIpc) is 2.28. The minimum atomic E-state index is 0.388. The summed E-state index contributed by atoms with van der Waals surface area (Å²) in [5, 5.41) is 3.41. The lowest BCUT2D eigenvalue weighted by molar-refractivity contribution is 0.123. The molecule has 1 aromatic heterocycles. The van der Waals surface area contributed by atoms with E-state index in [0.717, 1.165) is 26.2 Å². The highest BCUT2D eigenvalue weighted by Gasteiger charge is 2.07. The van der Waals surface area contributed by atoms with Gasteiger partial charge in [0.1, 0.15) is 0 Å². The topological polar surface area (TPSA) is 34.1 Å². The summed E-state index contributed by atoms with van der Waals surface area (Å²) in [6, 6.07) is 4.46. The van der Waals surface area contributed by atoms with Crippen LogP contribution in [0.1, 0.15) is 19.4 Å². The predicted octanol–water partition coefficient (Wildman–Crippen LogP) is 1.64. The molecule has 84 valence electrons. The van der Waals surface area contributed by atoms with Crippen LogP contribution in [0, 0.1) is 0 Å². The van der Waals surface area contributed by atoms with Gasteiger partial charge < -0.3 is 10.1 Å². The van der Waals surface area contributed by atoms with Crippen molar-refractivity contribution >= 4 is 0 Å². The van der Waals surface area contributed by atoms with E-state index in [-0.39, 0.29) is 0 Å². The summed E-state index contributed by atoms with van der Waals surface area (Å²) < 4.78 is 5.44. The van der Waals surface area contributed by atoms with Gasteiger partial charge in [-0.05, 0) is 31.5 Å². The minimum Gasteiger partial charge on any atom is -0.380 e. The van der Waals surface area contributed by atoms with Gasteiger partial charge in [-0.2, -0.15) is 0 Å². The van der Waals surface area contributed by atoms with Crippen molar-refractivity contribution in [2.75, 3.05) is 19.8 Å². The maximum absolute atomic E-state index is 5.44. The first-order chi connectivity index (χ1) is 7.36. The normalized spacial score (nSPS) is 12.7. The van der Waals surface area contributed by atoms with Crippen LogP contribution in [0.4, 0.5) is 0 Å². The van der Waals surface area contributed by atoms with Crippen molar-refractivity contribution in [2.45, 2.75) is 26.3 Å². The Morgan fingerprint density at radius 3 is 2.93 bits per heavy atom. The maximum Gasteiger partial charge on any atom is 0.0622 e. The molecule has 0 radical (unpaired) electrons. The fourth-order valence-corrected chi connectivity index (χ4v) is 1.54. The second kappa shape index (κ2) is 7.37. The molecule has 1 heterocycles. The summed E-state index contributed by atoms with van der Waals surface area (Å²) in [7, 11) is 0. The molecule has 1 N–H and O–H groups in total. The highest BCUT2D eigenvalue weighted by molar-refractivity contribution is 5.10. The van der Waals surface area contributed by atoms with Crippen molar-refractivity contribution in [3.8, 4) is 0 Å². The maximum atomic E-state index is 5.44. The third-order valence-corrected chi connectivity index (χ3v) is 2.22. The molecule has 0 spiro atoms. The summed E-state index contributed by atoms with van der Waals surface area (Å²) in [5.74, 6) is 0. The third-order valence-electron chi connectivity index (χ3n) is 2.22. The summed E-state index contributed by atoms with van der Waals surface area (Å²) in [6.07, 6.45) is 4.69. The van der Waals surface area contributed by atoms with Crippen molar-refractivity contribution in [1.29, 1.82) is 0 Å². The molecule has 0 aliphatic heterocycles. The van der Waals surface area contributed by atoms with Crippen molar-refractivity contribution in [1.82, 2.24) is 10.3 Å². The SMILES string of the molecule is CCNC(COCC)Cc1cccnc1. The molecule has 0 aromatic carbocycles. The van der Waals surface area contributed by atoms with Gasteiger partial charge >= 0.3 is 0 Å². The Hall–Kier alpha value is -0.930. The molecule has 0 aliphatic carbocycles. The van der Waals surface area contributed by atoms with Gasteiger partial charge in [0.05, 0.1) is 6.61 Å². The largest absolute Gasteiger partial charge is 0.380 e. The van der Waals surface area contributed by atoms with E-state index in [0.29, 0.717) is 6.04 Å². The molecule has 0 fully saturated rings. The van der Waals surface area contributed by atoms with Gasteiger partial charge in [0.15, 0.2) is 0 Å². The van der Waals surface area contributed by atoms with Crippen LogP contribution in [0.3, 0.4) is 0 Å². The number of rotatable bonds is 7. The number of pyridine rings is 1. The number of nitrogens with zero attached hydrogens (tertiary/aromatic N) is 1. The van der Waals surface area contributed by atoms with Crippen LogP contribution in [0.15, 0.2) is 24.5 Å². The van der Waals surface area contributed by atoms with Gasteiger partial charge in [0, 0.05) is 25.0 Å². The molecule has 0 amide bonds. The van der Waals surface area contributed by atoms with Crippen molar-refractivity contribution in [3.63, 3.8) is 0 Å². The summed E-state index contributed by atoms with van der Waals surface area (Å²) in [6.45, 7) is 6.64. The van der Waals surface area contributed by atoms with Gasteiger partial charge in [0.25, 0.3) is 0 Å². The van der Waals surface area contributed by atoms with Crippen LogP contribution in [-0.4, -0.2) is 30.8 Å². The Morgan fingerprint density at radius 1 is 1.47 bits per heavy atom. The number of hydrogen-bond donors (Lipinski definition) is 1. The fourth-order valence-electron chi connectivity index (χ4n) is 1.54. The Morgan fingerprint density at radius 2 is 2.33 bits per heavy atom. The van der Waals surface area contributed by atoms with Crippen molar-refractivity contribution in [3.05, 3.63) is 30.1 Å². The van der Waals surface area contributed by atoms with Crippen LogP contribution in [0.5, 0.6) is 0 Å². The lowest BCUT2D eigenvalue weighted by atomic mass is 10.1. The van der Waals surface area contributed by atoms with Gasteiger partial charge in [0.2, 0.25) is 0 Å². The highest BCUT2D eigenvalue weighted by Crippen LogP contribution is 2.01.